The summed E-state index contributed by atoms with van der Waals surface area (Å²) in [6.45, 7) is 5.39. The van der Waals surface area contributed by atoms with Crippen molar-refractivity contribution in [2.45, 2.75) is 32.2 Å². The highest BCUT2D eigenvalue weighted by atomic mass is 35.5. The number of benzene rings is 1. The zero-order valence-corrected chi connectivity index (χ0v) is 14.4. The fraction of sp³-hybridized carbons (Fsp3) is 0.562. The van der Waals surface area contributed by atoms with Crippen molar-refractivity contribution in [1.29, 1.82) is 0 Å². The van der Waals surface area contributed by atoms with Crippen LogP contribution < -0.4 is 15.8 Å². The molecular weight excluding hydrogens is 304 g/mol. The molecule has 0 heterocycles. The third kappa shape index (κ3) is 6.22. The molecule has 22 heavy (non-hydrogen) atoms. The molecule has 3 N–H and O–H groups in total. The highest BCUT2D eigenvalue weighted by Gasteiger charge is 2.22. The molecule has 1 rings (SSSR count). The van der Waals surface area contributed by atoms with E-state index in [2.05, 4.69) is 5.32 Å². The van der Waals surface area contributed by atoms with Crippen LogP contribution in [-0.2, 0) is 4.74 Å². The molecule has 0 aliphatic carbocycles. The number of nitrogens with two attached hydrogens (primary N) is 1. The summed E-state index contributed by atoms with van der Waals surface area (Å²) in [6.07, 6.45) is 1.63. The van der Waals surface area contributed by atoms with E-state index in [1.807, 2.05) is 26.0 Å². The van der Waals surface area contributed by atoms with Crippen LogP contribution in [0.4, 0.5) is 0 Å². The predicted molar refractivity (Wildman–Crippen MR) is 90.9 cm³/mol. The number of rotatable bonds is 9. The van der Waals surface area contributed by atoms with Gasteiger partial charge in [-0.3, -0.25) is 4.79 Å². The van der Waals surface area contributed by atoms with E-state index in [0.29, 0.717) is 31.1 Å². The number of hydrogen-bond donors (Lipinski definition) is 2. The number of ether oxygens (including phenoxy) is 2. The smallest absolute Gasteiger partial charge is 0.255 e. The molecule has 1 aromatic rings. The Labute approximate surface area is 139 Å². The van der Waals surface area contributed by atoms with Crippen LogP contribution in [0.15, 0.2) is 24.3 Å². The highest BCUT2D eigenvalue weighted by molar-refractivity contribution is 5.96. The van der Waals surface area contributed by atoms with Gasteiger partial charge in [-0.05, 0) is 25.0 Å². The first-order valence-electron chi connectivity index (χ1n) is 7.34. The van der Waals surface area contributed by atoms with Gasteiger partial charge in [0.25, 0.3) is 5.91 Å². The zero-order valence-electron chi connectivity index (χ0n) is 13.6. The van der Waals surface area contributed by atoms with Gasteiger partial charge in [-0.15, -0.1) is 12.4 Å². The number of amides is 1. The molecule has 0 saturated heterocycles. The van der Waals surface area contributed by atoms with E-state index in [1.54, 1.807) is 19.2 Å². The van der Waals surface area contributed by atoms with Crippen molar-refractivity contribution in [3.63, 3.8) is 0 Å². The molecule has 0 radical (unpaired) electrons. The number of para-hydroxylation sites is 1. The van der Waals surface area contributed by atoms with E-state index >= 15 is 0 Å². The maximum absolute atomic E-state index is 12.3. The SMILES string of the molecule is CCC(N)(CC)CNC(=O)c1ccccc1OCCOC.Cl. The Morgan fingerprint density at radius 3 is 2.45 bits per heavy atom. The molecule has 126 valence electrons. The topological polar surface area (TPSA) is 73.6 Å². The fourth-order valence-corrected chi connectivity index (χ4v) is 1.87. The van der Waals surface area contributed by atoms with Gasteiger partial charge in [0.2, 0.25) is 0 Å². The van der Waals surface area contributed by atoms with Crippen molar-refractivity contribution >= 4 is 18.3 Å². The summed E-state index contributed by atoms with van der Waals surface area (Å²) >= 11 is 0. The molecule has 0 spiro atoms. The first-order valence-corrected chi connectivity index (χ1v) is 7.34. The number of hydrogen-bond acceptors (Lipinski definition) is 4. The van der Waals surface area contributed by atoms with Crippen LogP contribution in [-0.4, -0.2) is 38.3 Å². The van der Waals surface area contributed by atoms with E-state index in [9.17, 15) is 4.79 Å². The van der Waals surface area contributed by atoms with Gasteiger partial charge in [-0.25, -0.2) is 0 Å². The van der Waals surface area contributed by atoms with Gasteiger partial charge in [0.1, 0.15) is 12.4 Å². The number of carbonyl (C=O) groups is 1. The van der Waals surface area contributed by atoms with Gasteiger partial charge < -0.3 is 20.5 Å². The Balaban J connectivity index is 0.00000441. The lowest BCUT2D eigenvalue weighted by molar-refractivity contribution is 0.0934. The van der Waals surface area contributed by atoms with Gasteiger partial charge >= 0.3 is 0 Å². The van der Waals surface area contributed by atoms with Crippen molar-refractivity contribution < 1.29 is 14.3 Å². The normalized spacial score (nSPS) is 10.7. The number of nitrogens with one attached hydrogen (secondary N) is 1. The summed E-state index contributed by atoms with van der Waals surface area (Å²) in [5, 5.41) is 2.90. The number of halogens is 1. The largest absolute Gasteiger partial charge is 0.490 e. The van der Waals surface area contributed by atoms with Gasteiger partial charge in [-0.2, -0.15) is 0 Å². The van der Waals surface area contributed by atoms with Crippen molar-refractivity contribution in [1.82, 2.24) is 5.32 Å². The second-order valence-electron chi connectivity index (χ2n) is 5.09. The second-order valence-corrected chi connectivity index (χ2v) is 5.09. The Hall–Kier alpha value is -1.30. The monoisotopic (exact) mass is 330 g/mol. The molecule has 0 unspecified atom stereocenters. The zero-order chi connectivity index (χ0) is 15.7. The molecule has 0 aliphatic rings. The van der Waals surface area contributed by atoms with Crippen LogP contribution in [0.1, 0.15) is 37.0 Å². The molecule has 1 aromatic carbocycles. The Morgan fingerprint density at radius 2 is 1.86 bits per heavy atom. The third-order valence-corrected chi connectivity index (χ3v) is 3.69. The first-order chi connectivity index (χ1) is 10.1. The molecular formula is C16H27ClN2O3. The average molecular weight is 331 g/mol. The molecule has 5 nitrogen and oxygen atoms in total. The molecule has 1 amide bonds. The van der Waals surface area contributed by atoms with E-state index in [1.165, 1.54) is 0 Å². The van der Waals surface area contributed by atoms with Crippen LogP contribution >= 0.6 is 12.4 Å². The number of carbonyl (C=O) groups excluding carboxylic acids is 1. The summed E-state index contributed by atoms with van der Waals surface area (Å²) < 4.78 is 10.5. The summed E-state index contributed by atoms with van der Waals surface area (Å²) in [4.78, 5) is 12.3. The summed E-state index contributed by atoms with van der Waals surface area (Å²) in [5.74, 6) is 0.391. The van der Waals surface area contributed by atoms with Gasteiger partial charge in [-0.1, -0.05) is 26.0 Å². The molecule has 0 saturated carbocycles. The Kier molecular flexibility index (Phi) is 9.81. The summed E-state index contributed by atoms with van der Waals surface area (Å²) in [7, 11) is 1.61. The summed E-state index contributed by atoms with van der Waals surface area (Å²) in [5.41, 5.74) is 6.35. The molecule has 0 aromatic heterocycles. The average Bonchev–Trinajstić information content (AvgIpc) is 2.53. The standard InChI is InChI=1S/C16H26N2O3.ClH/c1-4-16(17,5-2)12-18-15(19)13-8-6-7-9-14(13)21-11-10-20-3;/h6-9H,4-5,10-12,17H2,1-3H3,(H,18,19);1H. The Bertz CT molecular complexity index is 451. The van der Waals surface area contributed by atoms with E-state index in [-0.39, 0.29) is 23.9 Å². The first kappa shape index (κ1) is 20.7. The van der Waals surface area contributed by atoms with Gasteiger partial charge in [0.05, 0.1) is 12.2 Å². The molecule has 0 fully saturated rings. The lowest BCUT2D eigenvalue weighted by Gasteiger charge is -2.27. The minimum absolute atomic E-state index is 0. The minimum atomic E-state index is -0.360. The maximum atomic E-state index is 12.3. The lowest BCUT2D eigenvalue weighted by Crippen LogP contribution is -2.49. The molecule has 0 atom stereocenters. The van der Waals surface area contributed by atoms with E-state index in [4.69, 9.17) is 15.2 Å². The highest BCUT2D eigenvalue weighted by Crippen LogP contribution is 2.18. The third-order valence-electron chi connectivity index (χ3n) is 3.69. The van der Waals surface area contributed by atoms with Crippen molar-refractivity contribution in [3.05, 3.63) is 29.8 Å². The van der Waals surface area contributed by atoms with Crippen LogP contribution in [0.3, 0.4) is 0 Å². The minimum Gasteiger partial charge on any atom is -0.490 e. The maximum Gasteiger partial charge on any atom is 0.255 e. The number of methoxy groups -OCH3 is 1. The van der Waals surface area contributed by atoms with Crippen LogP contribution in [0.2, 0.25) is 0 Å². The quantitative estimate of drug-likeness (QED) is 0.682. The van der Waals surface area contributed by atoms with Crippen LogP contribution in [0.5, 0.6) is 5.75 Å². The lowest BCUT2D eigenvalue weighted by atomic mass is 9.94. The Morgan fingerprint density at radius 1 is 1.23 bits per heavy atom. The van der Waals surface area contributed by atoms with Crippen molar-refractivity contribution in [2.75, 3.05) is 26.9 Å². The second kappa shape index (κ2) is 10.4. The molecule has 0 aliphatic heterocycles. The van der Waals surface area contributed by atoms with Crippen molar-refractivity contribution in [3.8, 4) is 5.75 Å². The van der Waals surface area contributed by atoms with E-state index < -0.39 is 0 Å². The molecule has 0 bridgehead atoms. The van der Waals surface area contributed by atoms with Gasteiger partial charge in [0, 0.05) is 19.2 Å². The predicted octanol–water partition coefficient (Wildman–Crippen LogP) is 2.38. The van der Waals surface area contributed by atoms with E-state index in [0.717, 1.165) is 12.8 Å². The fourth-order valence-electron chi connectivity index (χ4n) is 1.87. The van der Waals surface area contributed by atoms with Crippen LogP contribution in [0.25, 0.3) is 0 Å². The van der Waals surface area contributed by atoms with Crippen LogP contribution in [0, 0.1) is 0 Å². The summed E-state index contributed by atoms with van der Waals surface area (Å²) in [6, 6.07) is 7.17. The molecule has 6 heteroatoms. The van der Waals surface area contributed by atoms with Gasteiger partial charge in [0.15, 0.2) is 0 Å². The van der Waals surface area contributed by atoms with Crippen molar-refractivity contribution in [2.24, 2.45) is 5.73 Å².